The number of anilines is 1. The predicted molar refractivity (Wildman–Crippen MR) is 134 cm³/mol. The van der Waals surface area contributed by atoms with E-state index in [1.165, 1.54) is 0 Å². The number of ether oxygens (including phenoxy) is 1. The summed E-state index contributed by atoms with van der Waals surface area (Å²) in [5, 5.41) is 12.6. The van der Waals surface area contributed by atoms with Crippen LogP contribution in [0.5, 0.6) is 0 Å². The Labute approximate surface area is 204 Å². The minimum atomic E-state index is -0.465. The Morgan fingerprint density at radius 1 is 0.971 bits per heavy atom. The maximum Gasteiger partial charge on any atom is 0.407 e. The van der Waals surface area contributed by atoms with E-state index in [0.717, 1.165) is 53.6 Å². The largest absolute Gasteiger partial charge is 0.445 e. The Bertz CT molecular complexity index is 1220. The number of carbonyl (C=O) groups excluding carboxylic acids is 2. The molecule has 3 aromatic rings. The molecule has 0 fully saturated rings. The molecule has 182 valence electrons. The second-order valence-corrected chi connectivity index (χ2v) is 8.64. The van der Waals surface area contributed by atoms with Crippen LogP contribution in [-0.4, -0.2) is 28.7 Å². The summed E-state index contributed by atoms with van der Waals surface area (Å²) in [6.07, 6.45) is 4.86. The number of hydrogen-bond donors (Lipinski definition) is 3. The molecule has 4 rings (SSSR count). The van der Waals surface area contributed by atoms with Gasteiger partial charge in [0.2, 0.25) is 5.91 Å². The fourth-order valence-corrected chi connectivity index (χ4v) is 4.24. The van der Waals surface area contributed by atoms with Gasteiger partial charge in [-0.15, -0.1) is 0 Å². The summed E-state index contributed by atoms with van der Waals surface area (Å²) in [5.41, 5.74) is 5.00. The first-order chi connectivity index (χ1) is 17.1. The summed E-state index contributed by atoms with van der Waals surface area (Å²) < 4.78 is 5.17. The zero-order valence-corrected chi connectivity index (χ0v) is 19.6. The average molecular weight is 475 g/mol. The van der Waals surface area contributed by atoms with Crippen molar-refractivity contribution in [1.29, 1.82) is 0 Å². The topological polar surface area (TPSA) is 113 Å². The Balaban J connectivity index is 1.21. The number of nitrogens with one attached hydrogen (secondary N) is 3. The van der Waals surface area contributed by atoms with Crippen LogP contribution in [0.25, 0.3) is 11.3 Å². The molecule has 1 aliphatic carbocycles. The van der Waals surface area contributed by atoms with Gasteiger partial charge >= 0.3 is 6.09 Å². The number of hydrogen-bond acceptors (Lipinski definition) is 5. The number of rotatable bonds is 9. The molecule has 0 atom stereocenters. The van der Waals surface area contributed by atoms with Crippen molar-refractivity contribution in [1.82, 2.24) is 15.5 Å². The van der Waals surface area contributed by atoms with Gasteiger partial charge in [0.25, 0.3) is 5.56 Å². The molecular weight excluding hydrogens is 444 g/mol. The number of unbranched alkanes of at least 4 members (excludes halogenated alkanes) is 1. The van der Waals surface area contributed by atoms with Crippen molar-refractivity contribution < 1.29 is 14.3 Å². The molecule has 35 heavy (non-hydrogen) atoms. The Hall–Kier alpha value is -3.94. The SMILES string of the molecule is O=C(CCCCNC(=O)OCc1ccccc1)Nc1cccc(-c2n[nH]c(=O)c3c2CCCC3)c1. The van der Waals surface area contributed by atoms with E-state index in [-0.39, 0.29) is 18.1 Å². The lowest BCUT2D eigenvalue weighted by Gasteiger charge is -2.17. The van der Waals surface area contributed by atoms with Gasteiger partial charge in [-0.2, -0.15) is 5.10 Å². The number of benzene rings is 2. The molecule has 2 amide bonds. The van der Waals surface area contributed by atoms with Gasteiger partial charge in [0, 0.05) is 29.8 Å². The molecule has 8 heteroatoms. The minimum absolute atomic E-state index is 0.0924. The van der Waals surface area contributed by atoms with Crippen molar-refractivity contribution in [3.05, 3.63) is 81.6 Å². The van der Waals surface area contributed by atoms with E-state index in [0.29, 0.717) is 31.5 Å². The van der Waals surface area contributed by atoms with Crippen LogP contribution >= 0.6 is 0 Å². The highest BCUT2D eigenvalue weighted by molar-refractivity contribution is 5.91. The number of amides is 2. The molecule has 0 aliphatic heterocycles. The van der Waals surface area contributed by atoms with Crippen LogP contribution in [0.15, 0.2) is 59.4 Å². The molecule has 1 heterocycles. The molecular formula is C27H30N4O4. The predicted octanol–water partition coefficient (Wildman–Crippen LogP) is 4.35. The number of carbonyl (C=O) groups is 2. The number of H-pyrrole nitrogens is 1. The molecule has 0 spiro atoms. The van der Waals surface area contributed by atoms with Crippen molar-refractivity contribution in [3.63, 3.8) is 0 Å². The van der Waals surface area contributed by atoms with Gasteiger partial charge in [0.05, 0.1) is 5.69 Å². The quantitative estimate of drug-likeness (QED) is 0.399. The number of fused-ring (bicyclic) bond motifs is 1. The summed E-state index contributed by atoms with van der Waals surface area (Å²) in [6.45, 7) is 0.672. The number of alkyl carbamates (subject to hydrolysis) is 1. The summed E-state index contributed by atoms with van der Waals surface area (Å²) in [7, 11) is 0. The van der Waals surface area contributed by atoms with E-state index >= 15 is 0 Å². The number of nitrogens with zero attached hydrogens (tertiary/aromatic N) is 1. The Morgan fingerprint density at radius 2 is 1.77 bits per heavy atom. The third-order valence-corrected chi connectivity index (χ3v) is 6.03. The highest BCUT2D eigenvalue weighted by atomic mass is 16.5. The fourth-order valence-electron chi connectivity index (χ4n) is 4.24. The molecule has 2 aromatic carbocycles. The van der Waals surface area contributed by atoms with Gasteiger partial charge in [-0.1, -0.05) is 42.5 Å². The monoisotopic (exact) mass is 474 g/mol. The average Bonchev–Trinajstić information content (AvgIpc) is 2.88. The van der Waals surface area contributed by atoms with E-state index in [9.17, 15) is 14.4 Å². The Kier molecular flexibility index (Phi) is 8.27. The summed E-state index contributed by atoms with van der Waals surface area (Å²) >= 11 is 0. The molecule has 1 aromatic heterocycles. The molecule has 0 bridgehead atoms. The van der Waals surface area contributed by atoms with Crippen LogP contribution in [0.2, 0.25) is 0 Å². The zero-order chi connectivity index (χ0) is 24.5. The van der Waals surface area contributed by atoms with Crippen LogP contribution in [0.3, 0.4) is 0 Å². The highest BCUT2D eigenvalue weighted by Crippen LogP contribution is 2.29. The second-order valence-electron chi connectivity index (χ2n) is 8.64. The normalized spacial score (nSPS) is 12.5. The van der Waals surface area contributed by atoms with Crippen molar-refractivity contribution in [2.24, 2.45) is 0 Å². The lowest BCUT2D eigenvalue weighted by molar-refractivity contribution is -0.116. The van der Waals surface area contributed by atoms with Gasteiger partial charge in [0.15, 0.2) is 0 Å². The lowest BCUT2D eigenvalue weighted by atomic mass is 9.90. The molecule has 0 radical (unpaired) electrons. The molecule has 0 saturated carbocycles. The molecule has 8 nitrogen and oxygen atoms in total. The van der Waals surface area contributed by atoms with Crippen LogP contribution in [0, 0.1) is 0 Å². The first kappa shape index (κ1) is 24.2. The van der Waals surface area contributed by atoms with Crippen LogP contribution in [0.4, 0.5) is 10.5 Å². The van der Waals surface area contributed by atoms with Gasteiger partial charge < -0.3 is 15.4 Å². The Morgan fingerprint density at radius 3 is 2.60 bits per heavy atom. The standard InChI is InChI=1S/C27H30N4O4/c32-24(15-6-7-16-28-27(34)35-18-19-9-2-1-3-10-19)29-21-12-8-11-20(17-21)25-22-13-4-5-14-23(22)26(33)31-30-25/h1-3,8-12,17H,4-7,13-16,18H2,(H,28,34)(H,29,32)(H,31,33). The van der Waals surface area contributed by atoms with Gasteiger partial charge in [-0.3, -0.25) is 9.59 Å². The molecule has 1 aliphatic rings. The highest BCUT2D eigenvalue weighted by Gasteiger charge is 2.19. The van der Waals surface area contributed by atoms with Gasteiger partial charge in [-0.25, -0.2) is 9.89 Å². The number of aromatic amines is 1. The summed E-state index contributed by atoms with van der Waals surface area (Å²) in [6, 6.07) is 17.0. The van der Waals surface area contributed by atoms with E-state index < -0.39 is 6.09 Å². The van der Waals surface area contributed by atoms with E-state index in [4.69, 9.17) is 4.74 Å². The third-order valence-electron chi connectivity index (χ3n) is 6.03. The van der Waals surface area contributed by atoms with Crippen LogP contribution < -0.4 is 16.2 Å². The van der Waals surface area contributed by atoms with Crippen molar-refractivity contribution >= 4 is 17.7 Å². The minimum Gasteiger partial charge on any atom is -0.445 e. The molecule has 0 saturated heterocycles. The van der Waals surface area contributed by atoms with Crippen molar-refractivity contribution in [2.45, 2.75) is 51.6 Å². The fraction of sp³-hybridized carbons (Fsp3) is 0.333. The zero-order valence-electron chi connectivity index (χ0n) is 19.6. The van der Waals surface area contributed by atoms with Gasteiger partial charge in [-0.05, 0) is 61.8 Å². The lowest BCUT2D eigenvalue weighted by Crippen LogP contribution is -2.25. The van der Waals surface area contributed by atoms with Crippen molar-refractivity contribution in [3.8, 4) is 11.3 Å². The van der Waals surface area contributed by atoms with Gasteiger partial charge in [0.1, 0.15) is 6.61 Å². The molecule has 3 N–H and O–H groups in total. The maximum atomic E-state index is 12.4. The smallest absolute Gasteiger partial charge is 0.407 e. The number of aromatic nitrogens is 2. The molecule has 0 unspecified atom stereocenters. The van der Waals surface area contributed by atoms with Crippen LogP contribution in [-0.2, 0) is 29.0 Å². The maximum absolute atomic E-state index is 12.4. The first-order valence-electron chi connectivity index (χ1n) is 12.1. The van der Waals surface area contributed by atoms with Crippen molar-refractivity contribution in [2.75, 3.05) is 11.9 Å². The summed E-state index contributed by atoms with van der Waals surface area (Å²) in [4.78, 5) is 36.3. The third kappa shape index (κ3) is 6.79. The van der Waals surface area contributed by atoms with E-state index in [2.05, 4.69) is 20.8 Å². The second kappa shape index (κ2) is 12.0. The van der Waals surface area contributed by atoms with E-state index in [1.54, 1.807) is 0 Å². The summed E-state index contributed by atoms with van der Waals surface area (Å²) in [5.74, 6) is -0.0924. The van der Waals surface area contributed by atoms with Crippen LogP contribution in [0.1, 0.15) is 48.8 Å². The first-order valence-corrected chi connectivity index (χ1v) is 12.1. The van der Waals surface area contributed by atoms with E-state index in [1.807, 2.05) is 54.6 Å².